The molecular weight excluding hydrogens is 414 g/mol. The number of benzene rings is 1. The zero-order valence-electron chi connectivity index (χ0n) is 14.8. The topological polar surface area (TPSA) is 193 Å². The Kier molecular flexibility index (Phi) is 8.52. The van der Waals surface area contributed by atoms with Crippen LogP contribution in [0.1, 0.15) is 31.2 Å². The molecule has 157 valence electrons. The highest BCUT2D eigenvalue weighted by molar-refractivity contribution is 7.72. The number of carbonyl (C=O) groups excluding carboxylic acids is 2. The lowest BCUT2D eigenvalue weighted by Crippen LogP contribution is -2.35. The molecule has 0 aliphatic rings. The van der Waals surface area contributed by atoms with Crippen molar-refractivity contribution in [3.8, 4) is 0 Å². The largest absolute Gasteiger partial charge is 0.369 e. The fraction of sp³-hybridized carbons (Fsp3) is 0.400. The standard InChI is InChI=1S/C15H23N2O9P2/c1-11-5-7-12(8-6-11)17-14(19)4-2-3-13(18)16-10-9-15(20,27(21,22)23)28(24,25)26/h5-8,20H,1-4,9-10H2,(H,16,18)(H,17,19)(H2,21,22,23)(H2,24,25,26). The van der Waals surface area contributed by atoms with E-state index in [1.807, 2.05) is 0 Å². The number of amides is 2. The number of nitrogens with one attached hydrogen (secondary N) is 2. The zero-order valence-corrected chi connectivity index (χ0v) is 16.6. The van der Waals surface area contributed by atoms with Crippen molar-refractivity contribution in [2.24, 2.45) is 0 Å². The highest BCUT2D eigenvalue weighted by Gasteiger charge is 2.58. The van der Waals surface area contributed by atoms with E-state index in [9.17, 15) is 23.8 Å². The maximum Gasteiger partial charge on any atom is 0.369 e. The van der Waals surface area contributed by atoms with E-state index in [-0.39, 0.29) is 25.2 Å². The van der Waals surface area contributed by atoms with E-state index in [4.69, 9.17) is 19.6 Å². The third-order valence-electron chi connectivity index (χ3n) is 3.76. The van der Waals surface area contributed by atoms with Gasteiger partial charge in [0.2, 0.25) is 11.8 Å². The maximum atomic E-state index is 11.8. The van der Waals surface area contributed by atoms with Crippen molar-refractivity contribution in [1.29, 1.82) is 0 Å². The highest BCUT2D eigenvalue weighted by Crippen LogP contribution is 2.68. The van der Waals surface area contributed by atoms with Gasteiger partial charge in [0.05, 0.1) is 0 Å². The van der Waals surface area contributed by atoms with E-state index in [1.54, 1.807) is 24.3 Å². The van der Waals surface area contributed by atoms with Crippen LogP contribution < -0.4 is 10.6 Å². The van der Waals surface area contributed by atoms with E-state index in [2.05, 4.69) is 17.6 Å². The number of hydrogen-bond acceptors (Lipinski definition) is 5. The third-order valence-corrected chi connectivity index (χ3v) is 7.64. The number of hydrogen-bond donors (Lipinski definition) is 7. The molecule has 1 radical (unpaired) electrons. The van der Waals surface area contributed by atoms with Crippen molar-refractivity contribution in [2.75, 3.05) is 11.9 Å². The van der Waals surface area contributed by atoms with Gasteiger partial charge in [0.25, 0.3) is 5.08 Å². The first kappa shape index (κ1) is 24.5. The van der Waals surface area contributed by atoms with E-state index in [0.717, 1.165) is 5.56 Å². The van der Waals surface area contributed by atoms with Gasteiger partial charge in [0.1, 0.15) is 0 Å². The van der Waals surface area contributed by atoms with Crippen LogP contribution in [0.25, 0.3) is 0 Å². The molecule has 0 spiro atoms. The second-order valence-electron chi connectivity index (χ2n) is 6.06. The average molecular weight is 437 g/mol. The Morgan fingerprint density at radius 1 is 0.964 bits per heavy atom. The van der Waals surface area contributed by atoms with Crippen LogP contribution in [0, 0.1) is 6.92 Å². The molecule has 0 unspecified atom stereocenters. The van der Waals surface area contributed by atoms with E-state index < -0.39 is 39.1 Å². The van der Waals surface area contributed by atoms with E-state index in [1.165, 1.54) is 0 Å². The Hall–Kier alpha value is -1.58. The molecule has 0 aromatic heterocycles. The van der Waals surface area contributed by atoms with Crippen LogP contribution in [-0.4, -0.2) is 48.1 Å². The molecule has 0 heterocycles. The summed E-state index contributed by atoms with van der Waals surface area (Å²) in [5, 5.41) is 10.9. The average Bonchev–Trinajstić information content (AvgIpc) is 2.54. The van der Waals surface area contributed by atoms with Gasteiger partial charge in [-0.1, -0.05) is 12.1 Å². The van der Waals surface area contributed by atoms with Gasteiger partial charge in [0.15, 0.2) is 0 Å². The fourth-order valence-corrected chi connectivity index (χ4v) is 4.30. The smallest absolute Gasteiger partial charge is 0.367 e. The molecule has 7 N–H and O–H groups in total. The molecular formula is C15H23N2O9P2. The second-order valence-corrected chi connectivity index (χ2v) is 10.1. The van der Waals surface area contributed by atoms with Gasteiger partial charge in [-0.25, -0.2) is 0 Å². The normalized spacial score (nSPS) is 12.5. The third kappa shape index (κ3) is 7.10. The van der Waals surface area contributed by atoms with Crippen LogP contribution in [0.2, 0.25) is 0 Å². The predicted molar refractivity (Wildman–Crippen MR) is 100 cm³/mol. The molecule has 0 aliphatic carbocycles. The molecule has 2 amide bonds. The molecule has 0 saturated heterocycles. The summed E-state index contributed by atoms with van der Waals surface area (Å²) in [6.45, 7) is 3.14. The monoisotopic (exact) mass is 437 g/mol. The van der Waals surface area contributed by atoms with E-state index in [0.29, 0.717) is 5.69 Å². The van der Waals surface area contributed by atoms with Crippen molar-refractivity contribution in [3.63, 3.8) is 0 Å². The van der Waals surface area contributed by atoms with Gasteiger partial charge in [-0.2, -0.15) is 0 Å². The first-order chi connectivity index (χ1) is 12.8. The minimum Gasteiger partial charge on any atom is -0.367 e. The lowest BCUT2D eigenvalue weighted by molar-refractivity contribution is -0.121. The van der Waals surface area contributed by atoms with Crippen LogP contribution >= 0.6 is 15.2 Å². The summed E-state index contributed by atoms with van der Waals surface area (Å²) in [5.74, 6) is -0.921. The Morgan fingerprint density at radius 2 is 1.46 bits per heavy atom. The molecule has 28 heavy (non-hydrogen) atoms. The molecule has 1 aromatic rings. The Bertz CT molecular complexity index is 763. The number of aliphatic hydroxyl groups is 1. The number of anilines is 1. The van der Waals surface area contributed by atoms with Crippen LogP contribution in [0.3, 0.4) is 0 Å². The SMILES string of the molecule is [CH2]c1ccc(NC(=O)CCCC(=O)NCCC(O)(P(=O)(O)O)P(=O)(O)O)cc1. The Balaban J connectivity index is 2.38. The molecule has 0 fully saturated rings. The van der Waals surface area contributed by atoms with Crippen LogP contribution in [-0.2, 0) is 18.7 Å². The number of carbonyl (C=O) groups is 2. The lowest BCUT2D eigenvalue weighted by Gasteiger charge is -2.29. The quantitative estimate of drug-likeness (QED) is 0.255. The van der Waals surface area contributed by atoms with Gasteiger partial charge < -0.3 is 35.3 Å². The van der Waals surface area contributed by atoms with Crippen LogP contribution in [0.15, 0.2) is 24.3 Å². The summed E-state index contributed by atoms with van der Waals surface area (Å²) in [4.78, 5) is 59.4. The van der Waals surface area contributed by atoms with Crippen molar-refractivity contribution in [3.05, 3.63) is 36.8 Å². The molecule has 0 saturated carbocycles. The predicted octanol–water partition coefficient (Wildman–Crippen LogP) is 0.485. The zero-order chi connectivity index (χ0) is 21.6. The second kappa shape index (κ2) is 9.76. The van der Waals surface area contributed by atoms with Crippen LogP contribution in [0.4, 0.5) is 5.69 Å². The van der Waals surface area contributed by atoms with Gasteiger partial charge in [-0.05, 0) is 31.0 Å². The molecule has 1 rings (SSSR count). The van der Waals surface area contributed by atoms with Crippen molar-refractivity contribution < 1.29 is 43.4 Å². The van der Waals surface area contributed by atoms with Crippen molar-refractivity contribution in [2.45, 2.75) is 30.8 Å². The summed E-state index contributed by atoms with van der Waals surface area (Å²) in [6.07, 6.45) is -0.938. The molecule has 1 aromatic carbocycles. The van der Waals surface area contributed by atoms with Crippen molar-refractivity contribution >= 4 is 32.7 Å². The molecule has 11 nitrogen and oxygen atoms in total. The maximum absolute atomic E-state index is 11.8. The van der Waals surface area contributed by atoms with Crippen LogP contribution in [0.5, 0.6) is 0 Å². The van der Waals surface area contributed by atoms with Gasteiger partial charge >= 0.3 is 15.2 Å². The molecule has 13 heteroatoms. The lowest BCUT2D eigenvalue weighted by atomic mass is 10.2. The summed E-state index contributed by atoms with van der Waals surface area (Å²) in [7, 11) is -11.1. The fourth-order valence-electron chi connectivity index (χ4n) is 2.14. The summed E-state index contributed by atoms with van der Waals surface area (Å²) < 4.78 is 22.4. The van der Waals surface area contributed by atoms with Gasteiger partial charge in [-0.3, -0.25) is 18.7 Å². The van der Waals surface area contributed by atoms with Crippen molar-refractivity contribution in [1.82, 2.24) is 5.32 Å². The summed E-state index contributed by atoms with van der Waals surface area (Å²) in [5.41, 5.74) is 1.37. The molecule has 0 bridgehead atoms. The number of rotatable bonds is 10. The minimum atomic E-state index is -5.56. The highest BCUT2D eigenvalue weighted by atomic mass is 31.2. The minimum absolute atomic E-state index is 0.0362. The first-order valence-corrected chi connectivity index (χ1v) is 11.3. The Labute approximate surface area is 161 Å². The summed E-state index contributed by atoms with van der Waals surface area (Å²) >= 11 is 0. The molecule has 0 atom stereocenters. The Morgan fingerprint density at radius 3 is 1.96 bits per heavy atom. The summed E-state index contributed by atoms with van der Waals surface area (Å²) in [6, 6.07) is 6.80. The van der Waals surface area contributed by atoms with Gasteiger partial charge in [0, 0.05) is 31.5 Å². The van der Waals surface area contributed by atoms with E-state index >= 15 is 0 Å². The van der Waals surface area contributed by atoms with Gasteiger partial charge in [-0.15, -0.1) is 0 Å². The first-order valence-electron chi connectivity index (χ1n) is 8.08. The molecule has 0 aliphatic heterocycles.